The highest BCUT2D eigenvalue weighted by Gasteiger charge is 2.08. The van der Waals surface area contributed by atoms with Crippen LogP contribution in [-0.2, 0) is 11.2 Å². The van der Waals surface area contributed by atoms with Gasteiger partial charge in [-0.15, -0.1) is 0 Å². The van der Waals surface area contributed by atoms with Gasteiger partial charge >= 0.3 is 0 Å². The molecule has 0 saturated carbocycles. The maximum absolute atomic E-state index is 11.6. The molecule has 0 heterocycles. The summed E-state index contributed by atoms with van der Waals surface area (Å²) in [4.78, 5) is 11.6. The Balaban J connectivity index is 2.57. The van der Waals surface area contributed by atoms with E-state index in [2.05, 4.69) is 0 Å². The van der Waals surface area contributed by atoms with Crippen LogP contribution in [0.15, 0.2) is 18.2 Å². The molecule has 1 aromatic rings. The molecule has 1 aromatic carbocycles. The Labute approximate surface area is 115 Å². The Bertz CT molecular complexity index is 410. The van der Waals surface area contributed by atoms with Crippen molar-refractivity contribution < 1.29 is 14.3 Å². The van der Waals surface area contributed by atoms with Crippen LogP contribution in [0.2, 0.25) is 0 Å². The summed E-state index contributed by atoms with van der Waals surface area (Å²) in [5.74, 6) is 1.99. The van der Waals surface area contributed by atoms with Crippen molar-refractivity contribution in [3.8, 4) is 11.5 Å². The van der Waals surface area contributed by atoms with Crippen molar-refractivity contribution in [3.63, 3.8) is 0 Å². The van der Waals surface area contributed by atoms with Gasteiger partial charge in [0.25, 0.3) is 0 Å². The Morgan fingerprint density at radius 2 is 2.00 bits per heavy atom. The van der Waals surface area contributed by atoms with E-state index in [9.17, 15) is 4.79 Å². The summed E-state index contributed by atoms with van der Waals surface area (Å²) in [6.45, 7) is 6.47. The summed E-state index contributed by atoms with van der Waals surface area (Å²) in [5, 5.41) is 0. The Kier molecular flexibility index (Phi) is 6.40. The number of hydrogen-bond acceptors (Lipinski definition) is 3. The number of benzene rings is 1. The molecule has 0 aliphatic rings. The SMILES string of the molecule is CCOc1ccc(CCCC(=O)C(C)C)cc1OC. The third kappa shape index (κ3) is 4.93. The fourth-order valence-corrected chi connectivity index (χ4v) is 1.90. The van der Waals surface area contributed by atoms with Gasteiger partial charge in [0.15, 0.2) is 11.5 Å². The quantitative estimate of drug-likeness (QED) is 0.719. The van der Waals surface area contributed by atoms with E-state index in [1.54, 1.807) is 7.11 Å². The molecule has 0 saturated heterocycles. The number of ether oxygens (including phenoxy) is 2. The van der Waals surface area contributed by atoms with Crippen LogP contribution in [-0.4, -0.2) is 19.5 Å². The van der Waals surface area contributed by atoms with E-state index in [0.717, 1.165) is 24.3 Å². The van der Waals surface area contributed by atoms with E-state index in [4.69, 9.17) is 9.47 Å². The van der Waals surface area contributed by atoms with Crippen LogP contribution in [0.1, 0.15) is 39.2 Å². The zero-order valence-corrected chi connectivity index (χ0v) is 12.4. The average molecular weight is 264 g/mol. The zero-order valence-electron chi connectivity index (χ0n) is 12.4. The summed E-state index contributed by atoms with van der Waals surface area (Å²) in [7, 11) is 1.64. The highest BCUT2D eigenvalue weighted by molar-refractivity contribution is 5.80. The molecule has 0 aliphatic carbocycles. The highest BCUT2D eigenvalue weighted by Crippen LogP contribution is 2.28. The van der Waals surface area contributed by atoms with Gasteiger partial charge in [-0.25, -0.2) is 0 Å². The van der Waals surface area contributed by atoms with E-state index in [1.165, 1.54) is 5.56 Å². The van der Waals surface area contributed by atoms with Crippen molar-refractivity contribution in [3.05, 3.63) is 23.8 Å². The topological polar surface area (TPSA) is 35.5 Å². The van der Waals surface area contributed by atoms with Gasteiger partial charge in [0.05, 0.1) is 13.7 Å². The van der Waals surface area contributed by atoms with Crippen molar-refractivity contribution in [2.75, 3.05) is 13.7 Å². The number of ketones is 1. The van der Waals surface area contributed by atoms with Gasteiger partial charge in [-0.05, 0) is 37.5 Å². The second-order valence-electron chi connectivity index (χ2n) is 4.89. The fourth-order valence-electron chi connectivity index (χ4n) is 1.90. The first-order valence-corrected chi connectivity index (χ1v) is 6.90. The second kappa shape index (κ2) is 7.82. The predicted octanol–water partition coefficient (Wildman–Crippen LogP) is 3.64. The standard InChI is InChI=1S/C16H24O3/c1-5-19-15-10-9-13(11-16(15)18-4)7-6-8-14(17)12(2)3/h9-12H,5-8H2,1-4H3. The zero-order chi connectivity index (χ0) is 14.3. The molecule has 0 aliphatic heterocycles. The molecule has 3 nitrogen and oxygen atoms in total. The molecule has 0 radical (unpaired) electrons. The largest absolute Gasteiger partial charge is 0.493 e. The van der Waals surface area contributed by atoms with Crippen LogP contribution in [0.5, 0.6) is 11.5 Å². The lowest BCUT2D eigenvalue weighted by Gasteiger charge is -2.11. The number of Topliss-reactive ketones (excluding diaryl/α,β-unsaturated/α-hetero) is 1. The lowest BCUT2D eigenvalue weighted by molar-refractivity contribution is -0.121. The maximum atomic E-state index is 11.6. The molecule has 19 heavy (non-hydrogen) atoms. The third-order valence-electron chi connectivity index (χ3n) is 3.06. The van der Waals surface area contributed by atoms with E-state index >= 15 is 0 Å². The number of rotatable bonds is 8. The van der Waals surface area contributed by atoms with Gasteiger partial charge in [0.2, 0.25) is 0 Å². The number of aryl methyl sites for hydroxylation is 1. The van der Waals surface area contributed by atoms with E-state index in [1.807, 2.05) is 39.0 Å². The monoisotopic (exact) mass is 264 g/mol. The molecule has 0 N–H and O–H groups in total. The summed E-state index contributed by atoms with van der Waals surface area (Å²) >= 11 is 0. The molecule has 0 spiro atoms. The first kappa shape index (κ1) is 15.5. The molecule has 0 unspecified atom stereocenters. The average Bonchev–Trinajstić information content (AvgIpc) is 2.40. The van der Waals surface area contributed by atoms with Gasteiger partial charge in [-0.3, -0.25) is 4.79 Å². The fraction of sp³-hybridized carbons (Fsp3) is 0.562. The minimum absolute atomic E-state index is 0.134. The lowest BCUT2D eigenvalue weighted by atomic mass is 10.0. The van der Waals surface area contributed by atoms with Gasteiger partial charge in [0.1, 0.15) is 5.78 Å². The van der Waals surface area contributed by atoms with Crippen LogP contribution in [0.3, 0.4) is 0 Å². The van der Waals surface area contributed by atoms with Crippen LogP contribution in [0.4, 0.5) is 0 Å². The van der Waals surface area contributed by atoms with Crippen molar-refractivity contribution in [2.24, 2.45) is 5.92 Å². The molecular formula is C16H24O3. The van der Waals surface area contributed by atoms with Crippen LogP contribution < -0.4 is 9.47 Å². The minimum atomic E-state index is 0.134. The summed E-state index contributed by atoms with van der Waals surface area (Å²) in [6, 6.07) is 5.96. The molecule has 0 aromatic heterocycles. The number of methoxy groups -OCH3 is 1. The molecule has 106 valence electrons. The van der Waals surface area contributed by atoms with Crippen molar-refractivity contribution in [1.82, 2.24) is 0 Å². The molecular weight excluding hydrogens is 240 g/mol. The van der Waals surface area contributed by atoms with Crippen LogP contribution in [0.25, 0.3) is 0 Å². The van der Waals surface area contributed by atoms with Gasteiger partial charge in [-0.2, -0.15) is 0 Å². The van der Waals surface area contributed by atoms with Crippen molar-refractivity contribution in [1.29, 1.82) is 0 Å². The Morgan fingerprint density at radius 3 is 2.58 bits per heavy atom. The predicted molar refractivity (Wildman–Crippen MR) is 76.9 cm³/mol. The van der Waals surface area contributed by atoms with Crippen LogP contribution >= 0.6 is 0 Å². The molecule has 1 rings (SSSR count). The smallest absolute Gasteiger partial charge is 0.161 e. The lowest BCUT2D eigenvalue weighted by Crippen LogP contribution is -2.06. The molecule has 0 fully saturated rings. The highest BCUT2D eigenvalue weighted by atomic mass is 16.5. The van der Waals surface area contributed by atoms with Gasteiger partial charge in [0, 0.05) is 12.3 Å². The normalized spacial score (nSPS) is 10.6. The summed E-state index contributed by atoms with van der Waals surface area (Å²) in [6.07, 6.45) is 2.42. The third-order valence-corrected chi connectivity index (χ3v) is 3.06. The van der Waals surface area contributed by atoms with Gasteiger partial charge < -0.3 is 9.47 Å². The maximum Gasteiger partial charge on any atom is 0.161 e. The second-order valence-corrected chi connectivity index (χ2v) is 4.89. The minimum Gasteiger partial charge on any atom is -0.493 e. The molecule has 0 atom stereocenters. The number of carbonyl (C=O) groups is 1. The van der Waals surface area contributed by atoms with Gasteiger partial charge in [-0.1, -0.05) is 19.9 Å². The van der Waals surface area contributed by atoms with Crippen molar-refractivity contribution >= 4 is 5.78 Å². The number of carbonyl (C=O) groups excluding carboxylic acids is 1. The van der Waals surface area contributed by atoms with Crippen molar-refractivity contribution in [2.45, 2.75) is 40.0 Å². The molecule has 0 amide bonds. The van der Waals surface area contributed by atoms with E-state index in [-0.39, 0.29) is 5.92 Å². The summed E-state index contributed by atoms with van der Waals surface area (Å²) in [5.41, 5.74) is 1.18. The Hall–Kier alpha value is -1.51. The molecule has 0 bridgehead atoms. The Morgan fingerprint density at radius 1 is 1.26 bits per heavy atom. The first-order chi connectivity index (χ1) is 9.08. The molecule has 3 heteroatoms. The van der Waals surface area contributed by atoms with Crippen LogP contribution in [0, 0.1) is 5.92 Å². The van der Waals surface area contributed by atoms with E-state index in [0.29, 0.717) is 18.8 Å². The van der Waals surface area contributed by atoms with E-state index < -0.39 is 0 Å². The number of hydrogen-bond donors (Lipinski definition) is 0. The first-order valence-electron chi connectivity index (χ1n) is 6.90. The summed E-state index contributed by atoms with van der Waals surface area (Å²) < 4.78 is 10.8.